The summed E-state index contributed by atoms with van der Waals surface area (Å²) in [5, 5.41) is 0. The molecule has 0 N–H and O–H groups in total. The third-order valence-corrected chi connectivity index (χ3v) is 2.55. The molecule has 0 radical (unpaired) electrons. The van der Waals surface area contributed by atoms with E-state index in [9.17, 15) is 25.2 Å². The second kappa shape index (κ2) is 5.92. The van der Waals surface area contributed by atoms with Crippen molar-refractivity contribution in [1.82, 2.24) is 0 Å². The molecule has 1 rings (SSSR count). The van der Waals surface area contributed by atoms with E-state index in [4.69, 9.17) is 0 Å². The predicted octanol–water partition coefficient (Wildman–Crippen LogP) is 5.96. The Morgan fingerprint density at radius 1 is 1.00 bits per heavy atom. The molecule has 0 amide bonds. The van der Waals surface area contributed by atoms with Gasteiger partial charge in [-0.3, -0.25) is 0 Å². The molecule has 0 nitrogen and oxygen atoms in total. The Morgan fingerprint density at radius 2 is 1.42 bits per heavy atom. The second-order valence-corrected chi connectivity index (χ2v) is 6.43. The average Bonchev–Trinajstić information content (AvgIpc) is 2.23. The van der Waals surface area contributed by atoms with E-state index in [1.165, 1.54) is 18.4 Å². The van der Waals surface area contributed by atoms with Crippen molar-refractivity contribution in [3.8, 4) is 0 Å². The summed E-state index contributed by atoms with van der Waals surface area (Å²) in [6, 6.07) is 10.7. The van der Waals surface area contributed by atoms with Crippen LogP contribution in [0.2, 0.25) is 0 Å². The summed E-state index contributed by atoms with van der Waals surface area (Å²) in [6.45, 7) is 2.25. The predicted molar refractivity (Wildman–Crippen MR) is 72.7 cm³/mol. The fourth-order valence-corrected chi connectivity index (χ4v) is 1.85. The zero-order chi connectivity index (χ0) is 15.2. The van der Waals surface area contributed by atoms with Crippen LogP contribution in [0.4, 0.5) is 25.2 Å². The summed E-state index contributed by atoms with van der Waals surface area (Å²) >= 11 is 3.53. The van der Waals surface area contributed by atoms with Crippen LogP contribution in [0.3, 0.4) is 0 Å². The molecule has 0 aliphatic rings. The number of hydrogen-bond acceptors (Lipinski definition) is 0. The van der Waals surface area contributed by atoms with Crippen LogP contribution in [0.15, 0.2) is 30.3 Å². The van der Waals surface area contributed by atoms with Gasteiger partial charge < -0.3 is 0 Å². The van der Waals surface area contributed by atoms with Gasteiger partial charge in [0.1, 0.15) is 5.75 Å². The molecule has 0 fully saturated rings. The summed E-state index contributed by atoms with van der Waals surface area (Å²) in [4.78, 5) is 0. The third-order valence-electron chi connectivity index (χ3n) is 2.26. The van der Waals surface area contributed by atoms with Crippen LogP contribution in [0.25, 0.3) is 0 Å². The SMILES string of the molecule is CCC(CC[SH2+])c1ccccc1.F[P-](F)(F)(F)(F)F. The van der Waals surface area contributed by atoms with Crippen LogP contribution in [-0.2, 0) is 12.6 Å². The number of benzene rings is 1. The molecule has 0 aliphatic carbocycles. The van der Waals surface area contributed by atoms with Gasteiger partial charge in [-0.2, -0.15) is 0 Å². The third kappa shape index (κ3) is 15.5. The first-order valence-electron chi connectivity index (χ1n) is 5.59. The zero-order valence-electron chi connectivity index (χ0n) is 10.3. The average molecular weight is 326 g/mol. The van der Waals surface area contributed by atoms with Crippen molar-refractivity contribution >= 4 is 20.4 Å². The first-order valence-corrected chi connectivity index (χ1v) is 8.33. The van der Waals surface area contributed by atoms with Crippen LogP contribution in [0, 0.1) is 0 Å². The van der Waals surface area contributed by atoms with Crippen LogP contribution in [0.5, 0.6) is 0 Å². The molecule has 0 aliphatic heterocycles. The Labute approximate surface area is 113 Å². The van der Waals surface area contributed by atoms with Gasteiger partial charge in [0.2, 0.25) is 0 Å². The van der Waals surface area contributed by atoms with Gasteiger partial charge in [-0.25, -0.2) is 0 Å². The Balaban J connectivity index is 0.000000399. The monoisotopic (exact) mass is 326 g/mol. The van der Waals surface area contributed by atoms with Gasteiger partial charge in [-0.05, 0) is 37.0 Å². The molecule has 1 unspecified atom stereocenters. The van der Waals surface area contributed by atoms with Crippen LogP contribution in [-0.4, -0.2) is 5.75 Å². The molecular weight excluding hydrogens is 309 g/mol. The molecule has 114 valence electrons. The van der Waals surface area contributed by atoms with Gasteiger partial charge >= 0.3 is 33.0 Å². The quantitative estimate of drug-likeness (QED) is 0.363. The van der Waals surface area contributed by atoms with Crippen molar-refractivity contribution < 1.29 is 25.2 Å². The standard InChI is InChI=1S/C11H16S.F6P/c1-2-10(8-9-12)11-6-4-3-5-7-11;1-7(2,3,4,5)6/h3-7,10,12H,2,8-9H2,1H3;/q;-1/p+1. The molecule has 0 spiro atoms. The molecule has 8 heteroatoms. The minimum absolute atomic E-state index is 0.726. The summed E-state index contributed by atoms with van der Waals surface area (Å²) in [7, 11) is -10.7. The van der Waals surface area contributed by atoms with Crippen molar-refractivity contribution in [1.29, 1.82) is 0 Å². The van der Waals surface area contributed by atoms with Gasteiger partial charge in [-0.15, -0.1) is 0 Å². The summed E-state index contributed by atoms with van der Waals surface area (Å²) in [6.07, 6.45) is 2.46. The van der Waals surface area contributed by atoms with Crippen molar-refractivity contribution in [3.63, 3.8) is 0 Å². The van der Waals surface area contributed by atoms with Crippen LogP contribution >= 0.6 is 7.81 Å². The molecule has 1 atom stereocenters. The normalized spacial score (nSPS) is 16.6. The summed E-state index contributed by atoms with van der Waals surface area (Å²) < 4.78 is 59.2. The van der Waals surface area contributed by atoms with Crippen molar-refractivity contribution in [2.75, 3.05) is 5.75 Å². The Hall–Kier alpha value is -0.420. The van der Waals surface area contributed by atoms with E-state index in [1.54, 1.807) is 0 Å². The molecule has 0 saturated carbocycles. The fourth-order valence-electron chi connectivity index (χ4n) is 1.51. The first kappa shape index (κ1) is 18.6. The van der Waals surface area contributed by atoms with E-state index in [1.807, 2.05) is 0 Å². The van der Waals surface area contributed by atoms with E-state index in [0.717, 1.165) is 11.7 Å². The second-order valence-electron chi connectivity index (χ2n) is 4.01. The van der Waals surface area contributed by atoms with E-state index < -0.39 is 7.81 Å². The summed E-state index contributed by atoms with van der Waals surface area (Å²) in [5.41, 5.74) is 1.47. The topological polar surface area (TPSA) is 0 Å². The first-order chi connectivity index (χ1) is 8.33. The minimum atomic E-state index is -10.7. The fraction of sp³-hybridized carbons (Fsp3) is 0.455. The molecular formula is C11H17F6PS. The summed E-state index contributed by atoms with van der Waals surface area (Å²) in [5.74, 6) is 1.82. The van der Waals surface area contributed by atoms with Gasteiger partial charge in [0.05, 0.1) is 0 Å². The molecule has 1 aromatic rings. The zero-order valence-corrected chi connectivity index (χ0v) is 12.2. The van der Waals surface area contributed by atoms with Crippen LogP contribution in [0.1, 0.15) is 31.2 Å². The number of hydrogen-bond donors (Lipinski definition) is 0. The van der Waals surface area contributed by atoms with Crippen molar-refractivity contribution in [2.24, 2.45) is 0 Å². The molecule has 0 heterocycles. The molecule has 1 aromatic carbocycles. The van der Waals surface area contributed by atoms with Gasteiger partial charge in [-0.1, -0.05) is 37.3 Å². The van der Waals surface area contributed by atoms with Gasteiger partial charge in [0, 0.05) is 0 Å². The Bertz CT molecular complexity index is 362. The van der Waals surface area contributed by atoms with E-state index in [-0.39, 0.29) is 0 Å². The maximum atomic E-state index is 9.87. The van der Waals surface area contributed by atoms with Crippen LogP contribution < -0.4 is 0 Å². The molecule has 0 bridgehead atoms. The van der Waals surface area contributed by atoms with E-state index >= 15 is 0 Å². The Kier molecular flexibility index (Phi) is 5.79. The Morgan fingerprint density at radius 3 is 1.74 bits per heavy atom. The molecule has 19 heavy (non-hydrogen) atoms. The van der Waals surface area contributed by atoms with Crippen molar-refractivity contribution in [3.05, 3.63) is 35.9 Å². The number of rotatable bonds is 4. The van der Waals surface area contributed by atoms with E-state index in [2.05, 4.69) is 49.9 Å². The van der Waals surface area contributed by atoms with Gasteiger partial charge in [0.25, 0.3) is 0 Å². The maximum absolute atomic E-state index is 10.7. The van der Waals surface area contributed by atoms with Gasteiger partial charge in [0.15, 0.2) is 0 Å². The van der Waals surface area contributed by atoms with Crippen molar-refractivity contribution in [2.45, 2.75) is 25.7 Å². The van der Waals surface area contributed by atoms with E-state index in [0.29, 0.717) is 0 Å². The molecule has 0 saturated heterocycles. The molecule has 0 aromatic heterocycles. The number of halogens is 6.